The minimum absolute atomic E-state index is 0. The lowest BCUT2D eigenvalue weighted by Crippen LogP contribution is -2.54. The largest absolute Gasteiger partial charge is 0.338 e. The highest BCUT2D eigenvalue weighted by atomic mass is 35.5. The Hall–Kier alpha value is -0.280. The molecule has 2 N–H and O–H groups in total. The Bertz CT molecular complexity index is 241. The first kappa shape index (κ1) is 13.8. The van der Waals surface area contributed by atoms with Crippen LogP contribution in [0, 0.1) is 5.92 Å². The van der Waals surface area contributed by atoms with Gasteiger partial charge in [-0.1, -0.05) is 6.42 Å². The van der Waals surface area contributed by atoms with Gasteiger partial charge >= 0.3 is 0 Å². The number of likely N-dealkylation sites (tertiary alicyclic amines) is 1. The molecule has 2 aliphatic rings. The summed E-state index contributed by atoms with van der Waals surface area (Å²) in [5.74, 6) is 0.701. The van der Waals surface area contributed by atoms with Crippen LogP contribution in [0.4, 0.5) is 0 Å². The summed E-state index contributed by atoms with van der Waals surface area (Å²) in [4.78, 5) is 14.2. The van der Waals surface area contributed by atoms with Gasteiger partial charge in [-0.05, 0) is 39.0 Å². The Morgan fingerprint density at radius 3 is 2.44 bits per heavy atom. The SMILES string of the molecule is CC(N)C1CCCCN1C(=O)C1CCC1.Cl. The molecule has 1 aliphatic heterocycles. The molecule has 4 heteroatoms. The fraction of sp³-hybridized carbons (Fsp3) is 0.917. The molecular formula is C12H23ClN2O. The van der Waals surface area contributed by atoms with Crippen molar-refractivity contribution in [2.45, 2.75) is 57.5 Å². The third-order valence-corrected chi connectivity index (χ3v) is 3.89. The lowest BCUT2D eigenvalue weighted by Gasteiger charge is -2.41. The number of rotatable bonds is 2. The Balaban J connectivity index is 0.00000128. The van der Waals surface area contributed by atoms with E-state index in [4.69, 9.17) is 5.73 Å². The minimum atomic E-state index is 0. The van der Waals surface area contributed by atoms with Gasteiger partial charge in [0.05, 0.1) is 0 Å². The molecule has 16 heavy (non-hydrogen) atoms. The van der Waals surface area contributed by atoms with Crippen LogP contribution < -0.4 is 5.73 Å². The first-order valence-electron chi connectivity index (χ1n) is 6.26. The summed E-state index contributed by atoms with van der Waals surface area (Å²) >= 11 is 0. The van der Waals surface area contributed by atoms with Crippen LogP contribution in [0.25, 0.3) is 0 Å². The normalized spacial score (nSPS) is 27.9. The lowest BCUT2D eigenvalue weighted by atomic mass is 9.83. The standard InChI is InChI=1S/C12H22N2O.ClH/c1-9(13)11-7-2-3-8-14(11)12(15)10-5-4-6-10;/h9-11H,2-8,13H2,1H3;1H. The van der Waals surface area contributed by atoms with Gasteiger partial charge in [0.25, 0.3) is 0 Å². The zero-order chi connectivity index (χ0) is 10.8. The van der Waals surface area contributed by atoms with Gasteiger partial charge < -0.3 is 10.6 Å². The van der Waals surface area contributed by atoms with Crippen LogP contribution in [-0.2, 0) is 4.79 Å². The third kappa shape index (κ3) is 2.69. The van der Waals surface area contributed by atoms with Gasteiger partial charge in [0.2, 0.25) is 5.91 Å². The van der Waals surface area contributed by atoms with Gasteiger partial charge in [-0.15, -0.1) is 12.4 Å². The molecule has 0 spiro atoms. The van der Waals surface area contributed by atoms with Crippen molar-refractivity contribution in [1.29, 1.82) is 0 Å². The fourth-order valence-electron chi connectivity index (χ4n) is 2.67. The monoisotopic (exact) mass is 246 g/mol. The zero-order valence-corrected chi connectivity index (χ0v) is 10.8. The Labute approximate surface area is 104 Å². The summed E-state index contributed by atoms with van der Waals surface area (Å²) in [5.41, 5.74) is 5.96. The quantitative estimate of drug-likeness (QED) is 0.810. The Kier molecular flexibility index (Phi) is 5.06. The molecule has 1 aliphatic carbocycles. The van der Waals surface area contributed by atoms with Crippen molar-refractivity contribution in [3.8, 4) is 0 Å². The van der Waals surface area contributed by atoms with E-state index in [2.05, 4.69) is 4.90 Å². The number of carbonyl (C=O) groups is 1. The van der Waals surface area contributed by atoms with Gasteiger partial charge in [0.1, 0.15) is 0 Å². The highest BCUT2D eigenvalue weighted by Crippen LogP contribution is 2.31. The molecule has 0 aromatic heterocycles. The van der Waals surface area contributed by atoms with Crippen LogP contribution in [0.15, 0.2) is 0 Å². The van der Waals surface area contributed by atoms with Gasteiger partial charge in [0.15, 0.2) is 0 Å². The second-order valence-electron chi connectivity index (χ2n) is 5.08. The molecule has 1 amide bonds. The zero-order valence-electron chi connectivity index (χ0n) is 10.0. The predicted octanol–water partition coefficient (Wildman–Crippen LogP) is 1.94. The van der Waals surface area contributed by atoms with Gasteiger partial charge in [-0.3, -0.25) is 4.79 Å². The van der Waals surface area contributed by atoms with Crippen LogP contribution >= 0.6 is 12.4 Å². The number of hydrogen-bond donors (Lipinski definition) is 1. The van der Waals surface area contributed by atoms with Crippen molar-refractivity contribution in [2.75, 3.05) is 6.54 Å². The topological polar surface area (TPSA) is 46.3 Å². The van der Waals surface area contributed by atoms with Crippen molar-refractivity contribution >= 4 is 18.3 Å². The Morgan fingerprint density at radius 1 is 1.25 bits per heavy atom. The van der Waals surface area contributed by atoms with E-state index in [1.165, 1.54) is 12.8 Å². The van der Waals surface area contributed by atoms with Gasteiger partial charge in [-0.25, -0.2) is 0 Å². The number of piperidine rings is 1. The van der Waals surface area contributed by atoms with Crippen molar-refractivity contribution in [3.63, 3.8) is 0 Å². The predicted molar refractivity (Wildman–Crippen MR) is 67.6 cm³/mol. The van der Waals surface area contributed by atoms with Crippen LogP contribution in [0.1, 0.15) is 45.4 Å². The second kappa shape index (κ2) is 5.87. The third-order valence-electron chi connectivity index (χ3n) is 3.89. The molecule has 1 saturated carbocycles. The number of halogens is 1. The summed E-state index contributed by atoms with van der Waals surface area (Å²) in [5, 5.41) is 0. The molecular weight excluding hydrogens is 224 g/mol. The van der Waals surface area contributed by atoms with Crippen molar-refractivity contribution < 1.29 is 4.79 Å². The molecule has 3 nitrogen and oxygen atoms in total. The molecule has 1 heterocycles. The highest BCUT2D eigenvalue weighted by Gasteiger charge is 2.35. The van der Waals surface area contributed by atoms with Crippen LogP contribution in [0.2, 0.25) is 0 Å². The number of nitrogens with two attached hydrogens (primary N) is 1. The molecule has 2 rings (SSSR count). The number of amides is 1. The smallest absolute Gasteiger partial charge is 0.225 e. The molecule has 2 atom stereocenters. The first-order valence-corrected chi connectivity index (χ1v) is 6.26. The minimum Gasteiger partial charge on any atom is -0.338 e. The van der Waals surface area contributed by atoms with E-state index in [9.17, 15) is 4.79 Å². The Morgan fingerprint density at radius 2 is 1.94 bits per heavy atom. The highest BCUT2D eigenvalue weighted by molar-refractivity contribution is 5.85. The average Bonchev–Trinajstić information content (AvgIpc) is 2.15. The van der Waals surface area contributed by atoms with E-state index < -0.39 is 0 Å². The van der Waals surface area contributed by atoms with Crippen molar-refractivity contribution in [1.82, 2.24) is 4.90 Å². The maximum atomic E-state index is 12.2. The van der Waals surface area contributed by atoms with E-state index >= 15 is 0 Å². The van der Waals surface area contributed by atoms with Gasteiger partial charge in [0, 0.05) is 24.5 Å². The molecule has 0 bridgehead atoms. The lowest BCUT2D eigenvalue weighted by molar-refractivity contribution is -0.142. The van der Waals surface area contributed by atoms with E-state index in [-0.39, 0.29) is 18.4 Å². The van der Waals surface area contributed by atoms with Gasteiger partial charge in [-0.2, -0.15) is 0 Å². The maximum Gasteiger partial charge on any atom is 0.225 e. The summed E-state index contributed by atoms with van der Waals surface area (Å²) in [6.07, 6.45) is 6.90. The summed E-state index contributed by atoms with van der Waals surface area (Å²) in [7, 11) is 0. The molecule has 94 valence electrons. The van der Waals surface area contributed by atoms with Crippen molar-refractivity contribution in [2.24, 2.45) is 11.7 Å². The molecule has 0 aromatic rings. The molecule has 0 radical (unpaired) electrons. The van der Waals surface area contributed by atoms with E-state index in [0.717, 1.165) is 32.2 Å². The maximum absolute atomic E-state index is 12.2. The number of nitrogens with zero attached hydrogens (tertiary/aromatic N) is 1. The summed E-state index contributed by atoms with van der Waals surface area (Å²) < 4.78 is 0. The number of carbonyl (C=O) groups excluding carboxylic acids is 1. The van der Waals surface area contributed by atoms with Crippen LogP contribution in [0.3, 0.4) is 0 Å². The van der Waals surface area contributed by atoms with E-state index in [1.54, 1.807) is 0 Å². The van der Waals surface area contributed by atoms with E-state index in [0.29, 0.717) is 17.9 Å². The van der Waals surface area contributed by atoms with Crippen molar-refractivity contribution in [3.05, 3.63) is 0 Å². The molecule has 2 fully saturated rings. The van der Waals surface area contributed by atoms with Crippen LogP contribution in [0.5, 0.6) is 0 Å². The summed E-state index contributed by atoms with van der Waals surface area (Å²) in [6.45, 7) is 2.96. The number of hydrogen-bond acceptors (Lipinski definition) is 2. The second-order valence-corrected chi connectivity index (χ2v) is 5.08. The summed E-state index contributed by atoms with van der Waals surface area (Å²) in [6, 6.07) is 0.418. The average molecular weight is 247 g/mol. The molecule has 2 unspecified atom stereocenters. The van der Waals surface area contributed by atoms with Crippen LogP contribution in [-0.4, -0.2) is 29.4 Å². The first-order chi connectivity index (χ1) is 7.20. The molecule has 1 saturated heterocycles. The fourth-order valence-corrected chi connectivity index (χ4v) is 2.67. The molecule has 0 aromatic carbocycles. The van der Waals surface area contributed by atoms with E-state index in [1.807, 2.05) is 6.92 Å².